The molecule has 0 radical (unpaired) electrons. The minimum Gasteiger partial charge on any atom is -0.508 e. The SMILES string of the molecule is CC1(C)[C@H]2CC[C@]1(C)[C@@H](NCc1ccccc1O)C2. The molecular weight excluding hydrogens is 234 g/mol. The van der Waals surface area contributed by atoms with Crippen molar-refractivity contribution in [3.05, 3.63) is 29.8 Å². The van der Waals surface area contributed by atoms with Gasteiger partial charge in [-0.15, -0.1) is 0 Å². The summed E-state index contributed by atoms with van der Waals surface area (Å²) in [4.78, 5) is 0. The molecule has 2 aliphatic rings. The van der Waals surface area contributed by atoms with Gasteiger partial charge in [0, 0.05) is 18.2 Å². The van der Waals surface area contributed by atoms with Gasteiger partial charge in [0.05, 0.1) is 0 Å². The first-order valence-corrected chi connectivity index (χ1v) is 7.45. The van der Waals surface area contributed by atoms with Gasteiger partial charge >= 0.3 is 0 Å². The average Bonchev–Trinajstić information content (AvgIpc) is 2.70. The smallest absolute Gasteiger partial charge is 0.120 e. The Bertz CT molecular complexity index is 482. The van der Waals surface area contributed by atoms with Gasteiger partial charge in [-0.3, -0.25) is 0 Å². The van der Waals surface area contributed by atoms with E-state index in [0.29, 0.717) is 22.6 Å². The van der Waals surface area contributed by atoms with Crippen LogP contribution in [0.2, 0.25) is 0 Å². The number of hydrogen-bond acceptors (Lipinski definition) is 2. The molecule has 19 heavy (non-hydrogen) atoms. The third kappa shape index (κ3) is 1.80. The highest BCUT2D eigenvalue weighted by Gasteiger charge is 2.60. The zero-order chi connectivity index (χ0) is 13.7. The van der Waals surface area contributed by atoms with Crippen molar-refractivity contribution in [2.45, 2.75) is 52.6 Å². The fourth-order valence-electron chi connectivity index (χ4n) is 4.41. The summed E-state index contributed by atoms with van der Waals surface area (Å²) in [5.74, 6) is 1.27. The van der Waals surface area contributed by atoms with Gasteiger partial charge in [-0.05, 0) is 42.1 Å². The molecule has 0 aromatic heterocycles. The van der Waals surface area contributed by atoms with Crippen molar-refractivity contribution >= 4 is 0 Å². The lowest BCUT2D eigenvalue weighted by atomic mass is 9.69. The van der Waals surface area contributed by atoms with Crippen molar-refractivity contribution in [3.8, 4) is 5.75 Å². The van der Waals surface area contributed by atoms with Crippen LogP contribution < -0.4 is 5.32 Å². The second-order valence-electron chi connectivity index (χ2n) is 7.17. The Morgan fingerprint density at radius 3 is 2.58 bits per heavy atom. The van der Waals surface area contributed by atoms with Crippen molar-refractivity contribution < 1.29 is 5.11 Å². The highest BCUT2D eigenvalue weighted by molar-refractivity contribution is 5.31. The molecule has 2 aliphatic carbocycles. The van der Waals surface area contributed by atoms with E-state index in [9.17, 15) is 5.11 Å². The van der Waals surface area contributed by atoms with Gasteiger partial charge < -0.3 is 10.4 Å². The first-order valence-electron chi connectivity index (χ1n) is 7.45. The molecule has 2 bridgehead atoms. The summed E-state index contributed by atoms with van der Waals surface area (Å²) >= 11 is 0. The monoisotopic (exact) mass is 259 g/mol. The van der Waals surface area contributed by atoms with E-state index >= 15 is 0 Å². The van der Waals surface area contributed by atoms with Gasteiger partial charge in [-0.1, -0.05) is 39.0 Å². The Hall–Kier alpha value is -1.02. The minimum absolute atomic E-state index is 0.405. The van der Waals surface area contributed by atoms with E-state index < -0.39 is 0 Å². The molecule has 0 heterocycles. The molecular formula is C17H25NO. The second-order valence-corrected chi connectivity index (χ2v) is 7.17. The molecule has 1 aromatic carbocycles. The molecule has 104 valence electrons. The third-order valence-corrected chi connectivity index (χ3v) is 6.32. The molecule has 2 heteroatoms. The van der Waals surface area contributed by atoms with E-state index in [-0.39, 0.29) is 0 Å². The summed E-state index contributed by atoms with van der Waals surface area (Å²) in [6.45, 7) is 8.09. The van der Waals surface area contributed by atoms with E-state index in [1.807, 2.05) is 18.2 Å². The lowest BCUT2D eigenvalue weighted by Gasteiger charge is -2.39. The van der Waals surface area contributed by atoms with Crippen molar-refractivity contribution in [3.63, 3.8) is 0 Å². The molecule has 0 unspecified atom stereocenters. The largest absolute Gasteiger partial charge is 0.508 e. The van der Waals surface area contributed by atoms with Gasteiger partial charge in [0.2, 0.25) is 0 Å². The van der Waals surface area contributed by atoms with E-state index in [1.165, 1.54) is 19.3 Å². The van der Waals surface area contributed by atoms with Crippen LogP contribution in [0, 0.1) is 16.7 Å². The molecule has 1 aromatic rings. The predicted octanol–water partition coefficient (Wildman–Crippen LogP) is 3.70. The number of benzene rings is 1. The molecule has 0 spiro atoms. The van der Waals surface area contributed by atoms with Crippen LogP contribution >= 0.6 is 0 Å². The molecule has 0 saturated heterocycles. The van der Waals surface area contributed by atoms with Crippen LogP contribution in [0.1, 0.15) is 45.6 Å². The quantitative estimate of drug-likeness (QED) is 0.867. The van der Waals surface area contributed by atoms with Gasteiger partial charge in [-0.25, -0.2) is 0 Å². The maximum absolute atomic E-state index is 9.84. The van der Waals surface area contributed by atoms with Crippen molar-refractivity contribution in [2.75, 3.05) is 0 Å². The third-order valence-electron chi connectivity index (χ3n) is 6.32. The zero-order valence-corrected chi connectivity index (χ0v) is 12.2. The molecule has 2 N–H and O–H groups in total. The van der Waals surface area contributed by atoms with Crippen LogP contribution in [0.15, 0.2) is 24.3 Å². The van der Waals surface area contributed by atoms with Crippen LogP contribution in [0.3, 0.4) is 0 Å². The predicted molar refractivity (Wildman–Crippen MR) is 78.0 cm³/mol. The van der Waals surface area contributed by atoms with Crippen LogP contribution in [-0.2, 0) is 6.54 Å². The van der Waals surface area contributed by atoms with Crippen LogP contribution in [0.5, 0.6) is 5.75 Å². The standard InChI is InChI=1S/C17H25NO/c1-16(2)13-8-9-17(16,3)15(10-13)18-11-12-6-4-5-7-14(12)19/h4-7,13,15,18-19H,8-11H2,1-3H3/t13-,15-,17+/m0/s1. The Morgan fingerprint density at radius 1 is 1.26 bits per heavy atom. The Morgan fingerprint density at radius 2 is 2.00 bits per heavy atom. The number of fused-ring (bicyclic) bond motifs is 2. The summed E-state index contributed by atoms with van der Waals surface area (Å²) in [5.41, 5.74) is 1.86. The summed E-state index contributed by atoms with van der Waals surface area (Å²) < 4.78 is 0. The van der Waals surface area contributed by atoms with Gasteiger partial charge in [0.25, 0.3) is 0 Å². The van der Waals surface area contributed by atoms with Crippen LogP contribution in [-0.4, -0.2) is 11.1 Å². The molecule has 2 fully saturated rings. The molecule has 0 aliphatic heterocycles. The Balaban J connectivity index is 1.71. The molecule has 2 saturated carbocycles. The van der Waals surface area contributed by atoms with E-state index in [2.05, 4.69) is 26.1 Å². The Labute approximate surface area is 116 Å². The van der Waals surface area contributed by atoms with E-state index in [1.54, 1.807) is 6.07 Å². The van der Waals surface area contributed by atoms with Gasteiger partial charge in [0.15, 0.2) is 0 Å². The lowest BCUT2D eigenvalue weighted by molar-refractivity contribution is 0.120. The molecule has 2 nitrogen and oxygen atoms in total. The topological polar surface area (TPSA) is 32.3 Å². The van der Waals surface area contributed by atoms with E-state index in [4.69, 9.17) is 0 Å². The first kappa shape index (κ1) is 13.0. The number of nitrogens with one attached hydrogen (secondary N) is 1. The maximum Gasteiger partial charge on any atom is 0.120 e. The van der Waals surface area contributed by atoms with E-state index in [0.717, 1.165) is 18.0 Å². The highest BCUT2D eigenvalue weighted by Crippen LogP contribution is 2.65. The van der Waals surface area contributed by atoms with Crippen molar-refractivity contribution in [1.29, 1.82) is 0 Å². The van der Waals surface area contributed by atoms with Crippen LogP contribution in [0.4, 0.5) is 0 Å². The minimum atomic E-state index is 0.405. The second kappa shape index (κ2) is 4.24. The number of hydrogen-bond donors (Lipinski definition) is 2. The molecule has 3 rings (SSSR count). The zero-order valence-electron chi connectivity index (χ0n) is 12.2. The number of phenolic OH excluding ortho intramolecular Hbond substituents is 1. The molecule has 3 atom stereocenters. The number of aromatic hydroxyl groups is 1. The fourth-order valence-corrected chi connectivity index (χ4v) is 4.41. The molecule has 0 amide bonds. The Kier molecular flexibility index (Phi) is 2.90. The fraction of sp³-hybridized carbons (Fsp3) is 0.647. The number of rotatable bonds is 3. The van der Waals surface area contributed by atoms with Crippen LogP contribution in [0.25, 0.3) is 0 Å². The average molecular weight is 259 g/mol. The first-order chi connectivity index (χ1) is 8.95. The van der Waals surface area contributed by atoms with Gasteiger partial charge in [-0.2, -0.15) is 0 Å². The maximum atomic E-state index is 9.84. The summed E-state index contributed by atoms with van der Waals surface area (Å²) in [6, 6.07) is 8.22. The summed E-state index contributed by atoms with van der Waals surface area (Å²) in [7, 11) is 0. The highest BCUT2D eigenvalue weighted by atomic mass is 16.3. The number of para-hydroxylation sites is 1. The van der Waals surface area contributed by atoms with Crippen molar-refractivity contribution in [2.24, 2.45) is 16.7 Å². The number of phenols is 1. The summed E-state index contributed by atoms with van der Waals surface area (Å²) in [5, 5.41) is 13.5. The van der Waals surface area contributed by atoms with Crippen molar-refractivity contribution in [1.82, 2.24) is 5.32 Å². The lowest BCUT2D eigenvalue weighted by Crippen LogP contribution is -2.44. The normalized spacial score (nSPS) is 35.7. The summed E-state index contributed by atoms with van der Waals surface area (Å²) in [6.07, 6.45) is 4.01. The van der Waals surface area contributed by atoms with Gasteiger partial charge in [0.1, 0.15) is 5.75 Å².